The summed E-state index contributed by atoms with van der Waals surface area (Å²) in [5, 5.41) is 26.0. The molecule has 2 atom stereocenters. The summed E-state index contributed by atoms with van der Waals surface area (Å²) in [5.74, 6) is -3.94. The number of carboxylic acid groups (broad SMARTS) is 2. The molecule has 0 aromatic heterocycles. The second-order valence-electron chi connectivity index (χ2n) is 2.87. The van der Waals surface area contributed by atoms with E-state index in [1.165, 1.54) is 0 Å². The van der Waals surface area contributed by atoms with Gasteiger partial charge in [-0.1, -0.05) is 19.8 Å². The fourth-order valence-electron chi connectivity index (χ4n) is 1.01. The summed E-state index contributed by atoms with van der Waals surface area (Å²) < 4.78 is 0. The fourth-order valence-corrected chi connectivity index (χ4v) is 1.01. The van der Waals surface area contributed by atoms with Crippen molar-refractivity contribution in [3.05, 3.63) is 0 Å². The van der Waals surface area contributed by atoms with Crippen molar-refractivity contribution in [3.63, 3.8) is 0 Å². The zero-order valence-corrected chi connectivity index (χ0v) is 7.43. The third-order valence-electron chi connectivity index (χ3n) is 1.82. The van der Waals surface area contributed by atoms with Crippen molar-refractivity contribution in [2.24, 2.45) is 5.92 Å². The number of aliphatic hydroxyl groups excluding tert-OH is 1. The average molecular weight is 190 g/mol. The lowest BCUT2D eigenvalue weighted by Crippen LogP contribution is -2.34. The molecule has 5 nitrogen and oxygen atoms in total. The summed E-state index contributed by atoms with van der Waals surface area (Å²) in [6.07, 6.45) is -0.236. The molecule has 0 bridgehead atoms. The molecule has 0 fully saturated rings. The van der Waals surface area contributed by atoms with Gasteiger partial charge in [-0.3, -0.25) is 4.79 Å². The molecule has 0 rings (SSSR count). The Hall–Kier alpha value is -1.10. The van der Waals surface area contributed by atoms with E-state index in [9.17, 15) is 9.59 Å². The topological polar surface area (TPSA) is 94.8 Å². The number of hydrogen-bond donors (Lipinski definition) is 3. The fraction of sp³-hybridized carbons (Fsp3) is 0.750. The number of aliphatic hydroxyl groups is 1. The summed E-state index contributed by atoms with van der Waals surface area (Å²) in [6, 6.07) is 0. The van der Waals surface area contributed by atoms with Crippen molar-refractivity contribution in [3.8, 4) is 0 Å². The standard InChI is InChI=1S/C8H14O5/c1-2-3-4-5(7(10)11)6(9)8(12)13/h5-6,9H,2-4H2,1H3,(H,10,11)(H,12,13)/t5-,6+/m0/s1. The molecule has 0 aliphatic heterocycles. The smallest absolute Gasteiger partial charge is 0.333 e. The van der Waals surface area contributed by atoms with Crippen LogP contribution in [0.3, 0.4) is 0 Å². The quantitative estimate of drug-likeness (QED) is 0.560. The average Bonchev–Trinajstić information content (AvgIpc) is 2.04. The first-order valence-electron chi connectivity index (χ1n) is 4.14. The second kappa shape index (κ2) is 5.53. The highest BCUT2D eigenvalue weighted by Gasteiger charge is 2.30. The number of aliphatic carboxylic acids is 2. The number of carbonyl (C=O) groups is 2. The van der Waals surface area contributed by atoms with Crippen molar-refractivity contribution in [1.82, 2.24) is 0 Å². The molecule has 0 aliphatic rings. The summed E-state index contributed by atoms with van der Waals surface area (Å²) in [4.78, 5) is 20.8. The molecule has 5 heteroatoms. The van der Waals surface area contributed by atoms with E-state index in [1.807, 2.05) is 6.92 Å². The highest BCUT2D eigenvalue weighted by Crippen LogP contribution is 2.13. The molecule has 76 valence electrons. The van der Waals surface area contributed by atoms with Gasteiger partial charge in [0.15, 0.2) is 6.10 Å². The molecule has 0 unspecified atom stereocenters. The molecule has 0 amide bonds. The summed E-state index contributed by atoms with van der Waals surface area (Å²) >= 11 is 0. The zero-order chi connectivity index (χ0) is 10.4. The van der Waals surface area contributed by atoms with E-state index in [0.29, 0.717) is 6.42 Å². The molecule has 13 heavy (non-hydrogen) atoms. The van der Waals surface area contributed by atoms with E-state index < -0.39 is 24.0 Å². The predicted molar refractivity (Wildman–Crippen MR) is 44.3 cm³/mol. The Morgan fingerprint density at radius 2 is 1.77 bits per heavy atom. The lowest BCUT2D eigenvalue weighted by atomic mass is 9.96. The monoisotopic (exact) mass is 190 g/mol. The van der Waals surface area contributed by atoms with Crippen LogP contribution in [0.2, 0.25) is 0 Å². The van der Waals surface area contributed by atoms with Crippen LogP contribution in [0.15, 0.2) is 0 Å². The van der Waals surface area contributed by atoms with Crippen molar-refractivity contribution >= 4 is 11.9 Å². The molecule has 0 saturated carbocycles. The lowest BCUT2D eigenvalue weighted by molar-refractivity contribution is -0.159. The third kappa shape index (κ3) is 3.89. The molecule has 0 aliphatic carbocycles. The number of rotatable bonds is 6. The highest BCUT2D eigenvalue weighted by atomic mass is 16.4. The van der Waals surface area contributed by atoms with E-state index in [0.717, 1.165) is 6.42 Å². The van der Waals surface area contributed by atoms with Gasteiger partial charge in [-0.15, -0.1) is 0 Å². The number of hydrogen-bond acceptors (Lipinski definition) is 3. The Balaban J connectivity index is 4.24. The molecule has 0 aromatic carbocycles. The van der Waals surface area contributed by atoms with Crippen LogP contribution < -0.4 is 0 Å². The zero-order valence-electron chi connectivity index (χ0n) is 7.43. The van der Waals surface area contributed by atoms with Crippen molar-refractivity contribution in [2.45, 2.75) is 32.3 Å². The van der Waals surface area contributed by atoms with Gasteiger partial charge in [-0.2, -0.15) is 0 Å². The van der Waals surface area contributed by atoms with Crippen LogP contribution in [0.1, 0.15) is 26.2 Å². The van der Waals surface area contributed by atoms with Crippen LogP contribution in [0, 0.1) is 5.92 Å². The van der Waals surface area contributed by atoms with E-state index in [2.05, 4.69) is 0 Å². The molecule has 0 spiro atoms. The van der Waals surface area contributed by atoms with Gasteiger partial charge in [0.25, 0.3) is 0 Å². The predicted octanol–water partition coefficient (Wildman–Crippen LogP) is 0.323. The summed E-state index contributed by atoms with van der Waals surface area (Å²) in [6.45, 7) is 1.87. The van der Waals surface area contributed by atoms with Gasteiger partial charge < -0.3 is 15.3 Å². The maximum atomic E-state index is 10.5. The number of carboxylic acids is 2. The second-order valence-corrected chi connectivity index (χ2v) is 2.87. The number of unbranched alkanes of at least 4 members (excludes halogenated alkanes) is 1. The molecular formula is C8H14O5. The molecule has 0 aromatic rings. The largest absolute Gasteiger partial charge is 0.481 e. The Kier molecular flexibility index (Phi) is 5.06. The minimum absolute atomic E-state index is 0.194. The van der Waals surface area contributed by atoms with Crippen LogP contribution in [0.25, 0.3) is 0 Å². The maximum Gasteiger partial charge on any atom is 0.333 e. The van der Waals surface area contributed by atoms with Crippen LogP contribution in [0.4, 0.5) is 0 Å². The van der Waals surface area contributed by atoms with Gasteiger partial charge in [0, 0.05) is 0 Å². The van der Waals surface area contributed by atoms with Crippen molar-refractivity contribution < 1.29 is 24.9 Å². The first-order valence-corrected chi connectivity index (χ1v) is 4.14. The van der Waals surface area contributed by atoms with Gasteiger partial charge >= 0.3 is 11.9 Å². The van der Waals surface area contributed by atoms with E-state index in [4.69, 9.17) is 15.3 Å². The Morgan fingerprint density at radius 1 is 1.23 bits per heavy atom. The van der Waals surface area contributed by atoms with Gasteiger partial charge in [-0.05, 0) is 6.42 Å². The van der Waals surface area contributed by atoms with Gasteiger partial charge in [0.2, 0.25) is 0 Å². The molecule has 0 heterocycles. The van der Waals surface area contributed by atoms with Crippen LogP contribution in [0.5, 0.6) is 0 Å². The Morgan fingerprint density at radius 3 is 2.08 bits per heavy atom. The van der Waals surface area contributed by atoms with Crippen molar-refractivity contribution in [1.29, 1.82) is 0 Å². The van der Waals surface area contributed by atoms with E-state index in [1.54, 1.807) is 0 Å². The van der Waals surface area contributed by atoms with Gasteiger partial charge in [0.1, 0.15) is 0 Å². The third-order valence-corrected chi connectivity index (χ3v) is 1.82. The minimum Gasteiger partial charge on any atom is -0.481 e. The normalized spacial score (nSPS) is 14.9. The Labute approximate surface area is 76.0 Å². The Bertz CT molecular complexity index is 189. The van der Waals surface area contributed by atoms with E-state index >= 15 is 0 Å². The van der Waals surface area contributed by atoms with Crippen LogP contribution in [-0.4, -0.2) is 33.4 Å². The van der Waals surface area contributed by atoms with Crippen LogP contribution in [-0.2, 0) is 9.59 Å². The molecule has 0 radical (unpaired) electrons. The molecule has 3 N–H and O–H groups in total. The van der Waals surface area contributed by atoms with Gasteiger partial charge in [-0.25, -0.2) is 4.79 Å². The molecular weight excluding hydrogens is 176 g/mol. The van der Waals surface area contributed by atoms with Crippen LogP contribution >= 0.6 is 0 Å². The first-order chi connectivity index (χ1) is 6.00. The maximum absolute atomic E-state index is 10.5. The van der Waals surface area contributed by atoms with Crippen molar-refractivity contribution in [2.75, 3.05) is 0 Å². The minimum atomic E-state index is -1.80. The summed E-state index contributed by atoms with van der Waals surface area (Å²) in [5.41, 5.74) is 0. The molecule has 0 saturated heterocycles. The van der Waals surface area contributed by atoms with Gasteiger partial charge in [0.05, 0.1) is 5.92 Å². The summed E-state index contributed by atoms with van der Waals surface area (Å²) in [7, 11) is 0. The SMILES string of the molecule is CCCC[C@H](C(=O)O)[C@@H](O)C(=O)O. The first kappa shape index (κ1) is 11.9. The van der Waals surface area contributed by atoms with E-state index in [-0.39, 0.29) is 6.42 Å². The lowest BCUT2D eigenvalue weighted by Gasteiger charge is -2.14. The highest BCUT2D eigenvalue weighted by molar-refractivity contribution is 5.81.